The van der Waals surface area contributed by atoms with Gasteiger partial charge in [-0.25, -0.2) is 0 Å². The molecule has 3 rings (SSSR count). The number of ether oxygens (including phenoxy) is 1. The average molecular weight is 228 g/mol. The molecule has 2 aromatic rings. The molecule has 0 bridgehead atoms. The maximum absolute atomic E-state index is 5.27. The fraction of sp³-hybridized carbons (Fsp3) is 0.286. The van der Waals surface area contributed by atoms with Crippen molar-refractivity contribution < 1.29 is 4.74 Å². The van der Waals surface area contributed by atoms with Crippen LogP contribution in [0.1, 0.15) is 19.5 Å². The number of nitrogens with one attached hydrogen (secondary N) is 1. The van der Waals surface area contributed by atoms with Gasteiger partial charge in [-0.1, -0.05) is 0 Å². The smallest absolute Gasteiger partial charge is 0.121 e. The van der Waals surface area contributed by atoms with Crippen LogP contribution in [0.5, 0.6) is 5.75 Å². The van der Waals surface area contributed by atoms with Crippen molar-refractivity contribution in [1.82, 2.24) is 4.57 Å². The molecule has 1 aromatic heterocycles. The van der Waals surface area contributed by atoms with Crippen LogP contribution in [-0.4, -0.2) is 11.7 Å². The number of anilines is 1. The number of nitrogens with zero attached hydrogens (tertiary/aromatic N) is 1. The van der Waals surface area contributed by atoms with Crippen molar-refractivity contribution in [3.63, 3.8) is 0 Å². The SMILES string of the molecule is COc1ccc2c(c1)NC(C)(C)c1cccn1-2. The Bertz CT molecular complexity index is 569. The van der Waals surface area contributed by atoms with Gasteiger partial charge < -0.3 is 14.6 Å². The Labute approximate surface area is 101 Å². The Morgan fingerprint density at radius 3 is 2.82 bits per heavy atom. The molecule has 0 amide bonds. The fourth-order valence-corrected chi connectivity index (χ4v) is 2.45. The van der Waals surface area contributed by atoms with Crippen LogP contribution in [0.25, 0.3) is 5.69 Å². The molecule has 1 aliphatic rings. The molecule has 1 aromatic carbocycles. The molecule has 1 N–H and O–H groups in total. The third kappa shape index (κ3) is 1.42. The van der Waals surface area contributed by atoms with Crippen molar-refractivity contribution in [1.29, 1.82) is 0 Å². The molecule has 0 spiro atoms. The van der Waals surface area contributed by atoms with E-state index in [0.29, 0.717) is 0 Å². The predicted molar refractivity (Wildman–Crippen MR) is 69.0 cm³/mol. The Kier molecular flexibility index (Phi) is 1.99. The van der Waals surface area contributed by atoms with Gasteiger partial charge in [0, 0.05) is 18.0 Å². The van der Waals surface area contributed by atoms with Crippen LogP contribution in [0.4, 0.5) is 5.69 Å². The maximum Gasteiger partial charge on any atom is 0.121 e. The molecule has 3 nitrogen and oxygen atoms in total. The number of fused-ring (bicyclic) bond motifs is 3. The molecule has 1 aliphatic heterocycles. The van der Waals surface area contributed by atoms with Crippen LogP contribution in [-0.2, 0) is 5.54 Å². The first-order valence-corrected chi connectivity index (χ1v) is 5.76. The van der Waals surface area contributed by atoms with Crippen LogP contribution in [0, 0.1) is 0 Å². The number of hydrogen-bond donors (Lipinski definition) is 1. The molecule has 0 aliphatic carbocycles. The Balaban J connectivity index is 2.23. The first kappa shape index (κ1) is 10.3. The van der Waals surface area contributed by atoms with E-state index in [4.69, 9.17) is 4.74 Å². The van der Waals surface area contributed by atoms with E-state index in [2.05, 4.69) is 48.1 Å². The summed E-state index contributed by atoms with van der Waals surface area (Å²) < 4.78 is 7.50. The van der Waals surface area contributed by atoms with Crippen LogP contribution in [0.15, 0.2) is 36.5 Å². The summed E-state index contributed by atoms with van der Waals surface area (Å²) >= 11 is 0. The molecule has 0 fully saturated rings. The topological polar surface area (TPSA) is 26.2 Å². The minimum absolute atomic E-state index is 0.0666. The van der Waals surface area contributed by atoms with Gasteiger partial charge in [-0.3, -0.25) is 0 Å². The van der Waals surface area contributed by atoms with E-state index in [-0.39, 0.29) is 5.54 Å². The zero-order valence-electron chi connectivity index (χ0n) is 10.3. The lowest BCUT2D eigenvalue weighted by molar-refractivity contribution is 0.414. The van der Waals surface area contributed by atoms with Crippen LogP contribution < -0.4 is 10.1 Å². The highest BCUT2D eigenvalue weighted by atomic mass is 16.5. The maximum atomic E-state index is 5.27. The van der Waals surface area contributed by atoms with Gasteiger partial charge in [-0.15, -0.1) is 0 Å². The lowest BCUT2D eigenvalue weighted by atomic mass is 9.97. The van der Waals surface area contributed by atoms with E-state index in [1.54, 1.807) is 7.11 Å². The monoisotopic (exact) mass is 228 g/mol. The van der Waals surface area contributed by atoms with Gasteiger partial charge in [-0.2, -0.15) is 0 Å². The highest BCUT2D eigenvalue weighted by molar-refractivity contribution is 5.68. The van der Waals surface area contributed by atoms with Gasteiger partial charge in [0.25, 0.3) is 0 Å². The summed E-state index contributed by atoms with van der Waals surface area (Å²) in [5.41, 5.74) is 3.49. The molecule has 3 heteroatoms. The summed E-state index contributed by atoms with van der Waals surface area (Å²) in [6.07, 6.45) is 2.10. The van der Waals surface area contributed by atoms with Crippen molar-refractivity contribution in [2.45, 2.75) is 19.4 Å². The molecule has 0 unspecified atom stereocenters. The number of aromatic nitrogens is 1. The van der Waals surface area contributed by atoms with Crippen molar-refractivity contribution in [3.8, 4) is 11.4 Å². The second kappa shape index (κ2) is 3.29. The predicted octanol–water partition coefficient (Wildman–Crippen LogP) is 3.15. The Morgan fingerprint density at radius 1 is 1.24 bits per heavy atom. The minimum atomic E-state index is -0.0666. The summed E-state index contributed by atoms with van der Waals surface area (Å²) in [6.45, 7) is 4.36. The van der Waals surface area contributed by atoms with Gasteiger partial charge in [-0.05, 0) is 38.1 Å². The third-order valence-electron chi connectivity index (χ3n) is 3.30. The summed E-state index contributed by atoms with van der Waals surface area (Å²) in [7, 11) is 1.69. The first-order valence-electron chi connectivity index (χ1n) is 5.76. The Hall–Kier alpha value is -1.90. The lowest BCUT2D eigenvalue weighted by Crippen LogP contribution is -2.34. The van der Waals surface area contributed by atoms with E-state index in [1.807, 2.05) is 12.1 Å². The lowest BCUT2D eigenvalue weighted by Gasteiger charge is -2.35. The normalized spacial score (nSPS) is 15.7. The minimum Gasteiger partial charge on any atom is -0.497 e. The molecule has 88 valence electrons. The van der Waals surface area contributed by atoms with Crippen LogP contribution >= 0.6 is 0 Å². The molecule has 17 heavy (non-hydrogen) atoms. The van der Waals surface area contributed by atoms with Crippen LogP contribution in [0.2, 0.25) is 0 Å². The summed E-state index contributed by atoms with van der Waals surface area (Å²) in [4.78, 5) is 0. The summed E-state index contributed by atoms with van der Waals surface area (Å²) in [6, 6.07) is 10.3. The van der Waals surface area contributed by atoms with Gasteiger partial charge in [0.1, 0.15) is 5.75 Å². The van der Waals surface area contributed by atoms with Gasteiger partial charge in [0.15, 0.2) is 0 Å². The van der Waals surface area contributed by atoms with E-state index in [9.17, 15) is 0 Å². The number of methoxy groups -OCH3 is 1. The number of rotatable bonds is 1. The number of hydrogen-bond acceptors (Lipinski definition) is 2. The quantitative estimate of drug-likeness (QED) is 0.811. The average Bonchev–Trinajstić information content (AvgIpc) is 2.77. The first-order chi connectivity index (χ1) is 8.12. The molecule has 0 saturated heterocycles. The molecule has 2 heterocycles. The highest BCUT2D eigenvalue weighted by Gasteiger charge is 2.29. The second-order valence-corrected chi connectivity index (χ2v) is 4.90. The van der Waals surface area contributed by atoms with Crippen LogP contribution in [0.3, 0.4) is 0 Å². The summed E-state index contributed by atoms with van der Waals surface area (Å²) in [5, 5.41) is 3.55. The molecular formula is C14H16N2O. The van der Waals surface area contributed by atoms with Gasteiger partial charge in [0.2, 0.25) is 0 Å². The van der Waals surface area contributed by atoms with E-state index in [1.165, 1.54) is 11.4 Å². The van der Waals surface area contributed by atoms with Crippen molar-refractivity contribution >= 4 is 5.69 Å². The van der Waals surface area contributed by atoms with Gasteiger partial charge >= 0.3 is 0 Å². The van der Waals surface area contributed by atoms with Crippen molar-refractivity contribution in [3.05, 3.63) is 42.2 Å². The van der Waals surface area contributed by atoms with E-state index < -0.39 is 0 Å². The van der Waals surface area contributed by atoms with E-state index in [0.717, 1.165) is 11.4 Å². The zero-order chi connectivity index (χ0) is 12.0. The van der Waals surface area contributed by atoms with Crippen molar-refractivity contribution in [2.75, 3.05) is 12.4 Å². The third-order valence-corrected chi connectivity index (χ3v) is 3.30. The molecule has 0 saturated carbocycles. The second-order valence-electron chi connectivity index (χ2n) is 4.90. The molecule has 0 atom stereocenters. The van der Waals surface area contributed by atoms with E-state index >= 15 is 0 Å². The standard InChI is InChI=1S/C14H16N2O/c1-14(2)13-5-4-8-16(13)12-7-6-10(17-3)9-11(12)15-14/h4-9,15H,1-3H3. The Morgan fingerprint density at radius 2 is 2.06 bits per heavy atom. The fourth-order valence-electron chi connectivity index (χ4n) is 2.45. The van der Waals surface area contributed by atoms with Gasteiger partial charge in [0.05, 0.1) is 24.0 Å². The molecule has 0 radical (unpaired) electrons. The van der Waals surface area contributed by atoms with Crippen molar-refractivity contribution in [2.24, 2.45) is 0 Å². The largest absolute Gasteiger partial charge is 0.497 e. The highest BCUT2D eigenvalue weighted by Crippen LogP contribution is 2.38. The summed E-state index contributed by atoms with van der Waals surface area (Å²) in [5.74, 6) is 0.877. The number of benzene rings is 1. The zero-order valence-corrected chi connectivity index (χ0v) is 10.3. The molecular weight excluding hydrogens is 212 g/mol.